The second-order valence-electron chi connectivity index (χ2n) is 5.74. The number of nitrogens with zero attached hydrogens (tertiary/aromatic N) is 2. The fraction of sp³-hybridized carbons (Fsp3) is 0.625. The maximum atomic E-state index is 6.28. The third-order valence-corrected chi connectivity index (χ3v) is 4.29. The van der Waals surface area contributed by atoms with Gasteiger partial charge in [0.2, 0.25) is 0 Å². The predicted molar refractivity (Wildman–Crippen MR) is 94.0 cm³/mol. The largest absolute Gasteiger partial charge is 0.368 e. The van der Waals surface area contributed by atoms with Gasteiger partial charge in [-0.3, -0.25) is 4.90 Å². The van der Waals surface area contributed by atoms with Crippen molar-refractivity contribution in [3.63, 3.8) is 0 Å². The molecule has 114 valence electrons. The van der Waals surface area contributed by atoms with Crippen LogP contribution in [-0.4, -0.2) is 36.6 Å². The lowest BCUT2D eigenvalue weighted by molar-refractivity contribution is 0.128. The van der Waals surface area contributed by atoms with Crippen molar-refractivity contribution in [2.24, 2.45) is 0 Å². The molecule has 4 heteroatoms. The van der Waals surface area contributed by atoms with E-state index < -0.39 is 0 Å². The van der Waals surface area contributed by atoms with Crippen LogP contribution >= 0.6 is 27.5 Å². The Kier molecular flexibility index (Phi) is 6.83. The van der Waals surface area contributed by atoms with Crippen molar-refractivity contribution in [1.29, 1.82) is 0 Å². The van der Waals surface area contributed by atoms with Crippen LogP contribution in [0, 0.1) is 0 Å². The van der Waals surface area contributed by atoms with E-state index in [0.717, 1.165) is 41.4 Å². The van der Waals surface area contributed by atoms with Gasteiger partial charge in [0.1, 0.15) is 0 Å². The van der Waals surface area contributed by atoms with Gasteiger partial charge >= 0.3 is 0 Å². The Bertz CT molecular complexity index is 421. The number of piperazine rings is 1. The van der Waals surface area contributed by atoms with Gasteiger partial charge in [-0.2, -0.15) is 0 Å². The molecule has 0 N–H and O–H groups in total. The number of anilines is 1. The molecule has 0 aromatic heterocycles. The van der Waals surface area contributed by atoms with Crippen LogP contribution in [0.2, 0.25) is 5.02 Å². The average Bonchev–Trinajstić information content (AvgIpc) is 2.43. The Balaban J connectivity index is 0.000000956. The zero-order valence-electron chi connectivity index (χ0n) is 13.2. The first-order valence-corrected chi connectivity index (χ1v) is 8.50. The van der Waals surface area contributed by atoms with Crippen LogP contribution in [0.1, 0.15) is 34.6 Å². The molecular weight excluding hydrogens is 336 g/mol. The lowest BCUT2D eigenvalue weighted by Crippen LogP contribution is -2.53. The van der Waals surface area contributed by atoms with Crippen LogP contribution in [0.15, 0.2) is 22.7 Å². The fourth-order valence-electron chi connectivity index (χ4n) is 2.35. The standard InChI is InChI=1S/C14H20BrClN2.C2H6/c1-14(2,3)18-8-6-17(7-9-18)13-10-11(15)4-5-12(13)16;1-2/h4-5,10H,6-9H2,1-3H3;1-2H3. The Hall–Kier alpha value is -0.250. The summed E-state index contributed by atoms with van der Waals surface area (Å²) in [5, 5.41) is 0.836. The molecule has 1 aromatic carbocycles. The molecule has 0 radical (unpaired) electrons. The van der Waals surface area contributed by atoms with Crippen LogP contribution in [0.3, 0.4) is 0 Å². The van der Waals surface area contributed by atoms with Crippen molar-refractivity contribution in [1.82, 2.24) is 4.90 Å². The van der Waals surface area contributed by atoms with Crippen LogP contribution < -0.4 is 4.90 Å². The maximum Gasteiger partial charge on any atom is 0.0640 e. The molecule has 1 fully saturated rings. The highest BCUT2D eigenvalue weighted by molar-refractivity contribution is 9.10. The van der Waals surface area contributed by atoms with Gasteiger partial charge in [-0.15, -0.1) is 0 Å². The van der Waals surface area contributed by atoms with Crippen LogP contribution in [0.25, 0.3) is 0 Å². The van der Waals surface area contributed by atoms with E-state index >= 15 is 0 Å². The van der Waals surface area contributed by atoms with Gasteiger partial charge in [-0.25, -0.2) is 0 Å². The molecule has 0 saturated carbocycles. The lowest BCUT2D eigenvalue weighted by Gasteiger charge is -2.43. The van der Waals surface area contributed by atoms with E-state index in [4.69, 9.17) is 11.6 Å². The molecular formula is C16H26BrClN2. The first-order valence-electron chi connectivity index (χ1n) is 7.33. The Morgan fingerprint density at radius 3 is 2.10 bits per heavy atom. The normalized spacial score (nSPS) is 16.6. The summed E-state index contributed by atoms with van der Waals surface area (Å²) in [5.41, 5.74) is 1.40. The number of rotatable bonds is 1. The summed E-state index contributed by atoms with van der Waals surface area (Å²) in [7, 11) is 0. The topological polar surface area (TPSA) is 6.48 Å². The van der Waals surface area contributed by atoms with Crippen molar-refractivity contribution in [2.75, 3.05) is 31.1 Å². The summed E-state index contributed by atoms with van der Waals surface area (Å²) in [4.78, 5) is 4.89. The fourth-order valence-corrected chi connectivity index (χ4v) is 2.93. The highest BCUT2D eigenvalue weighted by Gasteiger charge is 2.26. The van der Waals surface area contributed by atoms with Crippen LogP contribution in [0.5, 0.6) is 0 Å². The van der Waals surface area contributed by atoms with E-state index in [2.05, 4.69) is 52.6 Å². The Labute approximate surface area is 137 Å². The smallest absolute Gasteiger partial charge is 0.0640 e. The minimum Gasteiger partial charge on any atom is -0.368 e. The third kappa shape index (κ3) is 4.64. The van der Waals surface area contributed by atoms with Crippen molar-refractivity contribution >= 4 is 33.2 Å². The van der Waals surface area contributed by atoms with E-state index in [1.807, 2.05) is 26.0 Å². The summed E-state index contributed by atoms with van der Waals surface area (Å²) >= 11 is 9.79. The molecule has 2 nitrogen and oxygen atoms in total. The molecule has 1 heterocycles. The van der Waals surface area contributed by atoms with Crippen molar-refractivity contribution in [3.05, 3.63) is 27.7 Å². The van der Waals surface area contributed by atoms with Crippen molar-refractivity contribution in [3.8, 4) is 0 Å². The second-order valence-corrected chi connectivity index (χ2v) is 7.06. The molecule has 1 aliphatic rings. The highest BCUT2D eigenvalue weighted by atomic mass is 79.9. The minimum absolute atomic E-state index is 0.257. The van der Waals surface area contributed by atoms with E-state index in [1.165, 1.54) is 0 Å². The summed E-state index contributed by atoms with van der Waals surface area (Å²) in [6.45, 7) is 15.1. The van der Waals surface area contributed by atoms with E-state index in [9.17, 15) is 0 Å². The molecule has 2 rings (SSSR count). The van der Waals surface area contributed by atoms with Gasteiger partial charge in [-0.05, 0) is 39.0 Å². The first-order chi connectivity index (χ1) is 9.38. The van der Waals surface area contributed by atoms with Gasteiger partial charge < -0.3 is 4.90 Å². The summed E-state index contributed by atoms with van der Waals surface area (Å²) < 4.78 is 1.08. The average molecular weight is 362 g/mol. The number of halogens is 2. The van der Waals surface area contributed by atoms with E-state index in [0.29, 0.717) is 0 Å². The zero-order valence-corrected chi connectivity index (χ0v) is 15.6. The SMILES string of the molecule is CC.CC(C)(C)N1CCN(c2cc(Br)ccc2Cl)CC1. The molecule has 0 bridgehead atoms. The molecule has 0 unspecified atom stereocenters. The van der Waals surface area contributed by atoms with Crippen molar-refractivity contribution in [2.45, 2.75) is 40.2 Å². The quantitative estimate of drug-likeness (QED) is 0.690. The molecule has 20 heavy (non-hydrogen) atoms. The van der Waals surface area contributed by atoms with E-state index in [1.54, 1.807) is 0 Å². The van der Waals surface area contributed by atoms with Crippen molar-refractivity contribution < 1.29 is 0 Å². The lowest BCUT2D eigenvalue weighted by atomic mass is 10.0. The maximum absolute atomic E-state index is 6.28. The monoisotopic (exact) mass is 360 g/mol. The van der Waals surface area contributed by atoms with E-state index in [-0.39, 0.29) is 5.54 Å². The molecule has 0 amide bonds. The number of hydrogen-bond donors (Lipinski definition) is 0. The van der Waals surface area contributed by atoms with Gasteiger partial charge in [0.25, 0.3) is 0 Å². The molecule has 1 aliphatic heterocycles. The summed E-state index contributed by atoms with van der Waals surface area (Å²) in [6.07, 6.45) is 0. The predicted octanol–water partition coefficient (Wildman–Crippen LogP) is 5.05. The second kappa shape index (κ2) is 7.67. The van der Waals surface area contributed by atoms with Gasteiger partial charge in [0.15, 0.2) is 0 Å². The van der Waals surface area contributed by atoms with Gasteiger partial charge in [0.05, 0.1) is 10.7 Å². The molecule has 1 saturated heterocycles. The molecule has 0 spiro atoms. The van der Waals surface area contributed by atoms with Gasteiger partial charge in [0, 0.05) is 36.2 Å². The summed E-state index contributed by atoms with van der Waals surface area (Å²) in [6, 6.07) is 6.05. The molecule has 0 atom stereocenters. The number of benzene rings is 1. The Morgan fingerprint density at radius 2 is 1.60 bits per heavy atom. The zero-order chi connectivity index (χ0) is 15.3. The van der Waals surface area contributed by atoms with Crippen LogP contribution in [-0.2, 0) is 0 Å². The van der Waals surface area contributed by atoms with Crippen LogP contribution in [0.4, 0.5) is 5.69 Å². The molecule has 1 aromatic rings. The minimum atomic E-state index is 0.257. The first kappa shape index (κ1) is 17.8. The van der Waals surface area contributed by atoms with Gasteiger partial charge in [-0.1, -0.05) is 41.4 Å². The number of hydrogen-bond acceptors (Lipinski definition) is 2. The Morgan fingerprint density at radius 1 is 1.05 bits per heavy atom. The molecule has 0 aliphatic carbocycles. The summed E-state index contributed by atoms with van der Waals surface area (Å²) in [5.74, 6) is 0. The highest BCUT2D eigenvalue weighted by Crippen LogP contribution is 2.30. The third-order valence-electron chi connectivity index (χ3n) is 3.48.